The first-order valence-electron chi connectivity index (χ1n) is 11.1. The Morgan fingerprint density at radius 3 is 2.02 bits per heavy atom. The molecule has 1 aliphatic rings. The van der Waals surface area contributed by atoms with Crippen molar-refractivity contribution in [3.05, 3.63) is 72.4 Å². The SMILES string of the molecule is CO[C@H]1O[C@H](Cn2cc(-c3ccccc3)nn2)[C@@H](OS(=O)(=O)[O-])[C@H](OS(=O)(=O)[O-])[C@@H]1OCc1ccccc1.[Na+].[Na+]. The average molecular weight is 616 g/mol. The van der Waals surface area contributed by atoms with Gasteiger partial charge in [0.2, 0.25) is 20.8 Å². The molecule has 40 heavy (non-hydrogen) atoms. The summed E-state index contributed by atoms with van der Waals surface area (Å²) in [6.07, 6.45) is -6.62. The number of ether oxygens (including phenoxy) is 3. The summed E-state index contributed by atoms with van der Waals surface area (Å²) in [6, 6.07) is 17.6. The average Bonchev–Trinajstić information content (AvgIpc) is 3.33. The van der Waals surface area contributed by atoms with Gasteiger partial charge in [0.05, 0.1) is 19.3 Å². The summed E-state index contributed by atoms with van der Waals surface area (Å²) in [7, 11) is -9.66. The van der Waals surface area contributed by atoms with Crippen molar-refractivity contribution in [1.82, 2.24) is 15.0 Å². The van der Waals surface area contributed by atoms with Gasteiger partial charge in [-0.1, -0.05) is 65.9 Å². The molecule has 0 radical (unpaired) electrons. The van der Waals surface area contributed by atoms with Gasteiger partial charge in [0.15, 0.2) is 6.29 Å². The smallest absolute Gasteiger partial charge is 0.726 e. The van der Waals surface area contributed by atoms with E-state index in [1.54, 1.807) is 54.6 Å². The van der Waals surface area contributed by atoms with E-state index in [1.807, 2.05) is 6.07 Å². The molecule has 14 nitrogen and oxygen atoms in total. The number of hydrogen-bond acceptors (Lipinski definition) is 13. The number of nitrogens with zero attached hydrogens (tertiary/aromatic N) is 3. The number of hydrogen-bond donors (Lipinski definition) is 0. The molecule has 5 atom stereocenters. The standard InChI is InChI=1S/C22H25N3O11S2.2Na/c1-32-22-21(33-14-15-8-4-2-5-9-15)20(36-38(29,30)31)19(35-37(26,27)28)18(34-22)13-25-12-17(23-24-25)16-10-6-3-7-11-16;;/h2-12,18-22H,13-14H2,1H3,(H,26,27,28)(H,29,30,31);;/q;2*+1/p-2/t18-,19-,20+,21+,22+;;/m1../s1. The third kappa shape index (κ3) is 10.2. The van der Waals surface area contributed by atoms with Crippen LogP contribution >= 0.6 is 0 Å². The summed E-state index contributed by atoms with van der Waals surface area (Å²) >= 11 is 0. The van der Waals surface area contributed by atoms with Crippen LogP contribution in [0.3, 0.4) is 0 Å². The van der Waals surface area contributed by atoms with Crippen molar-refractivity contribution in [2.75, 3.05) is 7.11 Å². The van der Waals surface area contributed by atoms with Crippen molar-refractivity contribution in [2.45, 2.75) is 43.9 Å². The summed E-state index contributed by atoms with van der Waals surface area (Å²) in [5.41, 5.74) is 1.86. The van der Waals surface area contributed by atoms with E-state index in [2.05, 4.69) is 18.7 Å². The topological polar surface area (TPSA) is 191 Å². The van der Waals surface area contributed by atoms with E-state index in [1.165, 1.54) is 18.0 Å². The van der Waals surface area contributed by atoms with Crippen molar-refractivity contribution in [3.8, 4) is 11.3 Å². The van der Waals surface area contributed by atoms with Crippen LogP contribution < -0.4 is 59.1 Å². The summed E-state index contributed by atoms with van der Waals surface area (Å²) in [5, 5.41) is 8.02. The predicted molar refractivity (Wildman–Crippen MR) is 125 cm³/mol. The number of aromatic nitrogens is 3. The van der Waals surface area contributed by atoms with Crippen molar-refractivity contribution in [1.29, 1.82) is 0 Å². The molecule has 18 heteroatoms. The van der Waals surface area contributed by atoms with E-state index >= 15 is 0 Å². The molecule has 0 N–H and O–H groups in total. The van der Waals surface area contributed by atoms with Crippen LogP contribution in [0.2, 0.25) is 0 Å². The van der Waals surface area contributed by atoms with E-state index < -0.39 is 51.5 Å². The van der Waals surface area contributed by atoms with E-state index in [4.69, 9.17) is 14.2 Å². The van der Waals surface area contributed by atoms with E-state index in [0.29, 0.717) is 11.3 Å². The second-order valence-corrected chi connectivity index (χ2v) is 10.2. The first kappa shape index (κ1) is 35.4. The van der Waals surface area contributed by atoms with Crippen LogP contribution in [-0.2, 0) is 56.5 Å². The minimum Gasteiger partial charge on any atom is -0.726 e. The molecule has 0 aliphatic carbocycles. The fourth-order valence-corrected chi connectivity index (χ4v) is 4.97. The van der Waals surface area contributed by atoms with Crippen molar-refractivity contribution in [3.63, 3.8) is 0 Å². The van der Waals surface area contributed by atoms with Crippen LogP contribution in [0.25, 0.3) is 11.3 Å². The molecule has 2 heterocycles. The van der Waals surface area contributed by atoms with Crippen molar-refractivity contribution >= 4 is 20.8 Å². The summed E-state index contributed by atoms with van der Waals surface area (Å²) < 4.78 is 97.2. The number of rotatable bonds is 11. The molecule has 206 valence electrons. The zero-order valence-electron chi connectivity index (χ0n) is 21.8. The zero-order chi connectivity index (χ0) is 27.3. The van der Waals surface area contributed by atoms with Gasteiger partial charge < -0.3 is 23.3 Å². The molecule has 1 saturated heterocycles. The normalized spacial score (nSPS) is 23.1. The molecule has 0 bridgehead atoms. The molecule has 1 fully saturated rings. The van der Waals surface area contributed by atoms with Gasteiger partial charge in [0.25, 0.3) is 0 Å². The molecule has 2 aromatic carbocycles. The molecule has 4 rings (SSSR count). The maximum Gasteiger partial charge on any atom is 1.00 e. The molecule has 3 aromatic rings. The van der Waals surface area contributed by atoms with Gasteiger partial charge in [-0.15, -0.1) is 5.10 Å². The number of benzene rings is 2. The van der Waals surface area contributed by atoms with E-state index in [9.17, 15) is 25.9 Å². The summed E-state index contributed by atoms with van der Waals surface area (Å²) in [6.45, 7) is -0.414. The summed E-state index contributed by atoms with van der Waals surface area (Å²) in [5.74, 6) is 0. The maximum absolute atomic E-state index is 11.6. The Morgan fingerprint density at radius 1 is 0.875 bits per heavy atom. The predicted octanol–water partition coefficient (Wildman–Crippen LogP) is -5.40. The zero-order valence-corrected chi connectivity index (χ0v) is 27.4. The Bertz CT molecular complexity index is 1410. The quantitative estimate of drug-likeness (QED) is 0.113. The van der Waals surface area contributed by atoms with E-state index in [-0.39, 0.29) is 72.3 Å². The third-order valence-electron chi connectivity index (χ3n) is 5.54. The van der Waals surface area contributed by atoms with Crippen molar-refractivity contribution in [2.24, 2.45) is 0 Å². The van der Waals surface area contributed by atoms with Crippen LogP contribution in [0.1, 0.15) is 5.56 Å². The second-order valence-electron chi connectivity index (χ2n) is 8.17. The van der Waals surface area contributed by atoms with Gasteiger partial charge in [-0.2, -0.15) is 0 Å². The Balaban J connectivity index is 0.00000280. The minimum atomic E-state index is -5.44. The Kier molecular flexibility index (Phi) is 13.8. The number of methoxy groups -OCH3 is 1. The van der Waals surface area contributed by atoms with Gasteiger partial charge in [0.1, 0.15) is 30.1 Å². The minimum absolute atomic E-state index is 0. The van der Waals surface area contributed by atoms with Gasteiger partial charge >= 0.3 is 59.1 Å². The molecular weight excluding hydrogens is 592 g/mol. The Hall–Kier alpha value is -0.800. The van der Waals surface area contributed by atoms with Gasteiger partial charge in [0, 0.05) is 12.7 Å². The van der Waals surface area contributed by atoms with Gasteiger partial charge in [-0.05, 0) is 5.56 Å². The Morgan fingerprint density at radius 2 is 1.45 bits per heavy atom. The Labute approximate surface area is 275 Å². The first-order chi connectivity index (χ1) is 18.0. The molecule has 1 aromatic heterocycles. The fourth-order valence-electron chi connectivity index (χ4n) is 3.97. The fraction of sp³-hybridized carbons (Fsp3) is 0.364. The van der Waals surface area contributed by atoms with Crippen molar-refractivity contribution < 1.29 is 108 Å². The van der Waals surface area contributed by atoms with Crippen LogP contribution in [0.5, 0.6) is 0 Å². The molecule has 0 spiro atoms. The largest absolute Gasteiger partial charge is 1.00 e. The van der Waals surface area contributed by atoms with Crippen LogP contribution in [0, 0.1) is 0 Å². The maximum atomic E-state index is 11.6. The van der Waals surface area contributed by atoms with E-state index in [0.717, 1.165) is 5.56 Å². The molecule has 0 saturated carbocycles. The monoisotopic (exact) mass is 615 g/mol. The van der Waals surface area contributed by atoms with Crippen LogP contribution in [-0.4, -0.2) is 78.8 Å². The van der Waals surface area contributed by atoms with Gasteiger partial charge in [-0.25, -0.2) is 21.5 Å². The van der Waals surface area contributed by atoms with Crippen LogP contribution in [0.4, 0.5) is 0 Å². The molecule has 0 unspecified atom stereocenters. The van der Waals surface area contributed by atoms with Crippen LogP contribution in [0.15, 0.2) is 66.9 Å². The summed E-state index contributed by atoms with van der Waals surface area (Å²) in [4.78, 5) is 0. The molecule has 0 amide bonds. The third-order valence-corrected chi connectivity index (χ3v) is 6.46. The van der Waals surface area contributed by atoms with Gasteiger partial charge in [-0.3, -0.25) is 8.37 Å². The first-order valence-corrected chi connectivity index (χ1v) is 13.8. The molecular formula is C22H23N3Na2O11S2. The molecule has 1 aliphatic heterocycles. The second kappa shape index (κ2) is 15.6.